The topological polar surface area (TPSA) is 41.1 Å². The summed E-state index contributed by atoms with van der Waals surface area (Å²) < 4.78 is 0. The van der Waals surface area contributed by atoms with Crippen LogP contribution in [0.5, 0.6) is 0 Å². The van der Waals surface area contributed by atoms with E-state index < -0.39 is 0 Å². The molecule has 0 aliphatic heterocycles. The lowest BCUT2D eigenvalue weighted by Gasteiger charge is -2.22. The highest BCUT2D eigenvalue weighted by Gasteiger charge is 2.15. The van der Waals surface area contributed by atoms with Gasteiger partial charge in [0.1, 0.15) is 0 Å². The molecule has 0 radical (unpaired) electrons. The fourth-order valence-electron chi connectivity index (χ4n) is 3.13. The summed E-state index contributed by atoms with van der Waals surface area (Å²) in [6.45, 7) is 7.15. The van der Waals surface area contributed by atoms with Crippen LogP contribution in [-0.2, 0) is 0 Å². The van der Waals surface area contributed by atoms with E-state index >= 15 is 0 Å². The molecule has 1 aromatic rings. The van der Waals surface area contributed by atoms with E-state index in [4.69, 9.17) is 0 Å². The summed E-state index contributed by atoms with van der Waals surface area (Å²) in [7, 11) is 0. The largest absolute Gasteiger partial charge is 0.338 e. The molecule has 0 unspecified atom stereocenters. The van der Waals surface area contributed by atoms with Gasteiger partial charge in [-0.2, -0.15) is 0 Å². The first-order valence-electron chi connectivity index (χ1n) is 8.22. The third-order valence-corrected chi connectivity index (χ3v) is 4.44. The lowest BCUT2D eigenvalue weighted by molar-refractivity contribution is 0.247. The van der Waals surface area contributed by atoms with Crippen LogP contribution >= 0.6 is 0 Å². The summed E-state index contributed by atoms with van der Waals surface area (Å²) in [6.07, 6.45) is 6.47. The quantitative estimate of drug-likeness (QED) is 0.819. The lowest BCUT2D eigenvalue weighted by atomic mass is 9.89. The maximum Gasteiger partial charge on any atom is 0.319 e. The Morgan fingerprint density at radius 1 is 1.24 bits per heavy atom. The third kappa shape index (κ3) is 4.48. The van der Waals surface area contributed by atoms with E-state index in [0.29, 0.717) is 11.8 Å². The molecule has 0 heterocycles. The average Bonchev–Trinajstić information content (AvgIpc) is 2.48. The molecular formula is C18H28N2O. The minimum absolute atomic E-state index is 0.0724. The number of urea groups is 1. The van der Waals surface area contributed by atoms with Gasteiger partial charge in [0.15, 0.2) is 0 Å². The van der Waals surface area contributed by atoms with E-state index in [1.54, 1.807) is 0 Å². The molecule has 2 amide bonds. The summed E-state index contributed by atoms with van der Waals surface area (Å²) >= 11 is 0. The van der Waals surface area contributed by atoms with Gasteiger partial charge in [0.25, 0.3) is 0 Å². The number of para-hydroxylation sites is 1. The number of rotatable bonds is 4. The first-order valence-corrected chi connectivity index (χ1v) is 8.22. The Bertz CT molecular complexity index is 476. The van der Waals surface area contributed by atoms with Gasteiger partial charge >= 0.3 is 6.03 Å². The second kappa shape index (κ2) is 7.48. The first-order chi connectivity index (χ1) is 10.1. The Kier molecular flexibility index (Phi) is 5.66. The second-order valence-corrected chi connectivity index (χ2v) is 6.53. The predicted octanol–water partition coefficient (Wildman–Crippen LogP) is 4.82. The smallest absolute Gasteiger partial charge is 0.319 e. The normalized spacial score (nSPS) is 16.0. The van der Waals surface area contributed by atoms with Crippen LogP contribution in [0.2, 0.25) is 0 Å². The van der Waals surface area contributed by atoms with Gasteiger partial charge < -0.3 is 10.6 Å². The number of carbonyl (C=O) groups excluding carboxylic acids is 1. The number of benzene rings is 1. The molecule has 21 heavy (non-hydrogen) atoms. The number of aryl methyl sites for hydroxylation is 1. The van der Waals surface area contributed by atoms with Crippen LogP contribution in [-0.4, -0.2) is 12.6 Å². The maximum atomic E-state index is 12.2. The Hall–Kier alpha value is -1.51. The SMILES string of the molecule is Cc1cccc(C(C)C)c1NC(=O)NCC1CCCCC1. The fourth-order valence-corrected chi connectivity index (χ4v) is 3.13. The van der Waals surface area contributed by atoms with Crippen molar-refractivity contribution in [3.63, 3.8) is 0 Å². The van der Waals surface area contributed by atoms with Gasteiger partial charge in [-0.3, -0.25) is 0 Å². The number of carbonyl (C=O) groups is 1. The summed E-state index contributed by atoms with van der Waals surface area (Å²) in [5.74, 6) is 1.06. The number of hydrogen-bond acceptors (Lipinski definition) is 1. The zero-order valence-electron chi connectivity index (χ0n) is 13.5. The van der Waals surface area contributed by atoms with Crippen molar-refractivity contribution in [1.29, 1.82) is 0 Å². The molecule has 0 bridgehead atoms. The Balaban J connectivity index is 1.93. The highest BCUT2D eigenvalue weighted by Crippen LogP contribution is 2.27. The fraction of sp³-hybridized carbons (Fsp3) is 0.611. The summed E-state index contributed by atoms with van der Waals surface area (Å²) in [4.78, 5) is 12.2. The van der Waals surface area contributed by atoms with Crippen molar-refractivity contribution in [2.24, 2.45) is 5.92 Å². The zero-order valence-corrected chi connectivity index (χ0v) is 13.5. The minimum Gasteiger partial charge on any atom is -0.338 e. The van der Waals surface area contributed by atoms with Crippen molar-refractivity contribution in [2.75, 3.05) is 11.9 Å². The molecule has 2 N–H and O–H groups in total. The van der Waals surface area contributed by atoms with E-state index in [1.807, 2.05) is 13.0 Å². The lowest BCUT2D eigenvalue weighted by Crippen LogP contribution is -2.34. The Morgan fingerprint density at radius 2 is 1.95 bits per heavy atom. The molecule has 0 spiro atoms. The molecule has 0 saturated heterocycles. The van der Waals surface area contributed by atoms with Crippen molar-refractivity contribution < 1.29 is 4.79 Å². The molecular weight excluding hydrogens is 260 g/mol. The molecule has 116 valence electrons. The average molecular weight is 288 g/mol. The van der Waals surface area contributed by atoms with E-state index in [-0.39, 0.29) is 6.03 Å². The molecule has 0 atom stereocenters. The van der Waals surface area contributed by atoms with Gasteiger partial charge in [-0.15, -0.1) is 0 Å². The zero-order chi connectivity index (χ0) is 15.2. The molecule has 1 saturated carbocycles. The summed E-state index contributed by atoms with van der Waals surface area (Å²) in [5.41, 5.74) is 3.28. The molecule has 3 nitrogen and oxygen atoms in total. The number of hydrogen-bond donors (Lipinski definition) is 2. The van der Waals surface area contributed by atoms with Gasteiger partial charge in [0, 0.05) is 12.2 Å². The van der Waals surface area contributed by atoms with Gasteiger partial charge in [-0.25, -0.2) is 4.79 Å². The number of anilines is 1. The molecule has 1 aliphatic carbocycles. The van der Waals surface area contributed by atoms with Crippen LogP contribution in [0.3, 0.4) is 0 Å². The van der Waals surface area contributed by atoms with Gasteiger partial charge in [0.2, 0.25) is 0 Å². The second-order valence-electron chi connectivity index (χ2n) is 6.53. The van der Waals surface area contributed by atoms with Crippen LogP contribution in [0.4, 0.5) is 10.5 Å². The van der Waals surface area contributed by atoms with E-state index in [0.717, 1.165) is 17.8 Å². The van der Waals surface area contributed by atoms with Gasteiger partial charge in [0.05, 0.1) is 0 Å². The van der Waals surface area contributed by atoms with Crippen LogP contribution in [0.15, 0.2) is 18.2 Å². The van der Waals surface area contributed by atoms with Crippen molar-refractivity contribution in [2.45, 2.75) is 58.8 Å². The minimum atomic E-state index is -0.0724. The maximum absolute atomic E-state index is 12.2. The first kappa shape index (κ1) is 15.9. The standard InChI is InChI=1S/C18H28N2O/c1-13(2)16-11-7-8-14(3)17(16)20-18(21)19-12-15-9-5-4-6-10-15/h7-8,11,13,15H,4-6,9-10,12H2,1-3H3,(H2,19,20,21). The van der Waals surface area contributed by atoms with Crippen LogP contribution in [0.1, 0.15) is 63.0 Å². The molecule has 3 heteroatoms. The van der Waals surface area contributed by atoms with E-state index in [2.05, 4.69) is 36.6 Å². The predicted molar refractivity (Wildman–Crippen MR) is 88.9 cm³/mol. The number of amides is 2. The van der Waals surface area contributed by atoms with Gasteiger partial charge in [-0.05, 0) is 42.7 Å². The highest BCUT2D eigenvalue weighted by atomic mass is 16.2. The third-order valence-electron chi connectivity index (χ3n) is 4.44. The summed E-state index contributed by atoms with van der Waals surface area (Å²) in [6, 6.07) is 6.11. The molecule has 0 aromatic heterocycles. The molecule has 1 aromatic carbocycles. The van der Waals surface area contributed by atoms with Crippen LogP contribution in [0.25, 0.3) is 0 Å². The monoisotopic (exact) mass is 288 g/mol. The van der Waals surface area contributed by atoms with E-state index in [1.165, 1.54) is 37.7 Å². The molecule has 1 aliphatic rings. The van der Waals surface area contributed by atoms with Crippen molar-refractivity contribution in [1.82, 2.24) is 5.32 Å². The van der Waals surface area contributed by atoms with Crippen molar-refractivity contribution >= 4 is 11.7 Å². The molecule has 2 rings (SSSR count). The van der Waals surface area contributed by atoms with E-state index in [9.17, 15) is 4.79 Å². The van der Waals surface area contributed by atoms with Crippen molar-refractivity contribution in [3.8, 4) is 0 Å². The van der Waals surface area contributed by atoms with Crippen molar-refractivity contribution in [3.05, 3.63) is 29.3 Å². The van der Waals surface area contributed by atoms with Crippen LogP contribution in [0, 0.1) is 12.8 Å². The van der Waals surface area contributed by atoms with Gasteiger partial charge in [-0.1, -0.05) is 51.3 Å². The number of nitrogens with one attached hydrogen (secondary N) is 2. The van der Waals surface area contributed by atoms with Crippen LogP contribution < -0.4 is 10.6 Å². The summed E-state index contributed by atoms with van der Waals surface area (Å²) in [5, 5.41) is 6.09. The Labute approximate surface area is 128 Å². The Morgan fingerprint density at radius 3 is 2.62 bits per heavy atom. The molecule has 1 fully saturated rings. The highest BCUT2D eigenvalue weighted by molar-refractivity contribution is 5.91.